The summed E-state index contributed by atoms with van der Waals surface area (Å²) in [5.41, 5.74) is -0.594. The summed E-state index contributed by atoms with van der Waals surface area (Å²) < 4.78 is 15.6. The van der Waals surface area contributed by atoms with Crippen LogP contribution < -0.4 is 0 Å². The van der Waals surface area contributed by atoms with Gasteiger partial charge in [-0.15, -0.1) is 0 Å². The fraction of sp³-hybridized carbons (Fsp3) is 0.923. The number of carboxylic acids is 1. The van der Waals surface area contributed by atoms with E-state index in [9.17, 15) is 4.79 Å². The Kier molecular flexibility index (Phi) is 7.30. The number of ether oxygens (including phenoxy) is 3. The normalized spacial score (nSPS) is 23.9. The zero-order valence-corrected chi connectivity index (χ0v) is 11.9. The van der Waals surface area contributed by atoms with Gasteiger partial charge in [-0.05, 0) is 19.9 Å². The van der Waals surface area contributed by atoms with Gasteiger partial charge in [-0.25, -0.2) is 0 Å². The molecule has 1 aliphatic heterocycles. The second-order valence-corrected chi connectivity index (χ2v) is 5.11. The maximum absolute atomic E-state index is 11.1. The van der Waals surface area contributed by atoms with Crippen molar-refractivity contribution in [2.45, 2.75) is 13.3 Å². The monoisotopic (exact) mass is 275 g/mol. The highest BCUT2D eigenvalue weighted by Gasteiger charge is 2.39. The predicted octanol–water partition coefficient (Wildman–Crippen LogP) is 0.463. The molecule has 0 aromatic rings. The third kappa shape index (κ3) is 5.86. The Balaban J connectivity index is 1.98. The molecule has 0 aromatic carbocycles. The summed E-state index contributed by atoms with van der Waals surface area (Å²) in [5, 5.41) is 9.12. The minimum atomic E-state index is -0.706. The molecular formula is C13H25NO5. The lowest BCUT2D eigenvalue weighted by Crippen LogP contribution is -2.33. The quantitative estimate of drug-likeness (QED) is 0.584. The molecule has 112 valence electrons. The van der Waals surface area contributed by atoms with Crippen LogP contribution in [0.3, 0.4) is 0 Å². The number of rotatable bonds is 10. The minimum Gasteiger partial charge on any atom is -0.481 e. The van der Waals surface area contributed by atoms with E-state index in [0.29, 0.717) is 46.0 Å². The smallest absolute Gasteiger partial charge is 0.310 e. The average Bonchev–Trinajstić information content (AvgIpc) is 2.76. The van der Waals surface area contributed by atoms with Gasteiger partial charge in [0.1, 0.15) is 0 Å². The van der Waals surface area contributed by atoms with Crippen LogP contribution in [-0.4, -0.2) is 75.8 Å². The summed E-state index contributed by atoms with van der Waals surface area (Å²) in [7, 11) is 1.64. The van der Waals surface area contributed by atoms with Crippen LogP contribution >= 0.6 is 0 Å². The van der Waals surface area contributed by atoms with Gasteiger partial charge in [0.05, 0.1) is 38.4 Å². The molecule has 0 amide bonds. The van der Waals surface area contributed by atoms with Gasteiger partial charge in [0.2, 0.25) is 0 Å². The van der Waals surface area contributed by atoms with Crippen molar-refractivity contribution in [2.24, 2.45) is 5.41 Å². The highest BCUT2D eigenvalue weighted by Crippen LogP contribution is 2.29. The molecule has 1 unspecified atom stereocenters. The predicted molar refractivity (Wildman–Crippen MR) is 70.3 cm³/mol. The molecule has 0 aliphatic carbocycles. The van der Waals surface area contributed by atoms with Crippen molar-refractivity contribution in [3.05, 3.63) is 0 Å². The summed E-state index contributed by atoms with van der Waals surface area (Å²) in [6.45, 7) is 6.95. The molecule has 19 heavy (non-hydrogen) atoms. The topological polar surface area (TPSA) is 68.2 Å². The van der Waals surface area contributed by atoms with Gasteiger partial charge in [0.15, 0.2) is 0 Å². The van der Waals surface area contributed by atoms with Gasteiger partial charge < -0.3 is 19.3 Å². The lowest BCUT2D eigenvalue weighted by atomic mass is 9.90. The van der Waals surface area contributed by atoms with E-state index in [1.54, 1.807) is 14.0 Å². The summed E-state index contributed by atoms with van der Waals surface area (Å²) in [4.78, 5) is 13.2. The van der Waals surface area contributed by atoms with Crippen molar-refractivity contribution < 1.29 is 24.1 Å². The lowest BCUT2D eigenvalue weighted by molar-refractivity contribution is -0.147. The number of carboxylic acid groups (broad SMARTS) is 1. The van der Waals surface area contributed by atoms with Gasteiger partial charge in [-0.2, -0.15) is 0 Å². The second-order valence-electron chi connectivity index (χ2n) is 5.11. The van der Waals surface area contributed by atoms with E-state index in [2.05, 4.69) is 4.90 Å². The zero-order chi connectivity index (χ0) is 14.1. The number of hydrogen-bond donors (Lipinski definition) is 1. The van der Waals surface area contributed by atoms with Crippen LogP contribution in [0.15, 0.2) is 0 Å². The van der Waals surface area contributed by atoms with E-state index in [1.807, 2.05) is 0 Å². The molecule has 6 heteroatoms. The van der Waals surface area contributed by atoms with E-state index < -0.39 is 11.4 Å². The number of methoxy groups -OCH3 is 1. The third-order valence-electron chi connectivity index (χ3n) is 3.42. The number of carbonyl (C=O) groups is 1. The SMILES string of the molecule is COCCOCCOCCN1CCC(C)(C(=O)O)C1. The van der Waals surface area contributed by atoms with Crippen LogP contribution in [-0.2, 0) is 19.0 Å². The molecule has 1 rings (SSSR count). The van der Waals surface area contributed by atoms with Crippen LogP contribution in [0.2, 0.25) is 0 Å². The van der Waals surface area contributed by atoms with Gasteiger partial charge in [-0.3, -0.25) is 9.69 Å². The molecule has 1 fully saturated rings. The number of hydrogen-bond acceptors (Lipinski definition) is 5. The Labute approximate surface area is 114 Å². The van der Waals surface area contributed by atoms with Crippen molar-refractivity contribution in [3.63, 3.8) is 0 Å². The van der Waals surface area contributed by atoms with Crippen LogP contribution in [0.4, 0.5) is 0 Å². The highest BCUT2D eigenvalue weighted by atomic mass is 16.5. The van der Waals surface area contributed by atoms with Crippen LogP contribution in [0.25, 0.3) is 0 Å². The van der Waals surface area contributed by atoms with Crippen molar-refractivity contribution in [2.75, 3.05) is 59.8 Å². The third-order valence-corrected chi connectivity index (χ3v) is 3.42. The molecule has 1 aliphatic rings. The fourth-order valence-corrected chi connectivity index (χ4v) is 2.08. The van der Waals surface area contributed by atoms with Gasteiger partial charge >= 0.3 is 5.97 Å². The first kappa shape index (κ1) is 16.4. The summed E-state index contributed by atoms with van der Waals surface area (Å²) in [6.07, 6.45) is 0.711. The van der Waals surface area contributed by atoms with E-state index >= 15 is 0 Å². The first-order chi connectivity index (χ1) is 9.08. The van der Waals surface area contributed by atoms with Crippen LogP contribution in [0.1, 0.15) is 13.3 Å². The van der Waals surface area contributed by atoms with Gasteiger partial charge in [0.25, 0.3) is 0 Å². The molecule has 0 saturated carbocycles. The number of nitrogens with zero attached hydrogens (tertiary/aromatic N) is 1. The largest absolute Gasteiger partial charge is 0.481 e. The Morgan fingerprint density at radius 1 is 1.21 bits per heavy atom. The van der Waals surface area contributed by atoms with E-state index in [1.165, 1.54) is 0 Å². The Bertz CT molecular complexity index is 274. The summed E-state index contributed by atoms with van der Waals surface area (Å²) in [5.74, 6) is -0.706. The summed E-state index contributed by atoms with van der Waals surface area (Å²) in [6, 6.07) is 0. The average molecular weight is 275 g/mol. The molecule has 0 radical (unpaired) electrons. The van der Waals surface area contributed by atoms with E-state index in [4.69, 9.17) is 19.3 Å². The fourth-order valence-electron chi connectivity index (χ4n) is 2.08. The molecule has 6 nitrogen and oxygen atoms in total. The van der Waals surface area contributed by atoms with Gasteiger partial charge in [0, 0.05) is 20.2 Å². The maximum atomic E-state index is 11.1. The van der Waals surface area contributed by atoms with Crippen molar-refractivity contribution in [1.82, 2.24) is 4.90 Å². The number of aliphatic carboxylic acids is 1. The molecule has 0 aromatic heterocycles. The molecule has 0 bridgehead atoms. The minimum absolute atomic E-state index is 0.563. The van der Waals surface area contributed by atoms with Crippen molar-refractivity contribution in [3.8, 4) is 0 Å². The van der Waals surface area contributed by atoms with Crippen LogP contribution in [0, 0.1) is 5.41 Å². The molecular weight excluding hydrogens is 250 g/mol. The standard InChI is InChI=1S/C13H25NO5/c1-13(12(15)16)3-4-14(11-13)5-6-18-9-10-19-8-7-17-2/h3-11H2,1-2H3,(H,15,16). The molecule has 1 N–H and O–H groups in total. The van der Waals surface area contributed by atoms with E-state index in [-0.39, 0.29) is 0 Å². The molecule has 1 saturated heterocycles. The van der Waals surface area contributed by atoms with Crippen molar-refractivity contribution in [1.29, 1.82) is 0 Å². The molecule has 1 atom stereocenters. The van der Waals surface area contributed by atoms with Crippen molar-refractivity contribution >= 4 is 5.97 Å². The van der Waals surface area contributed by atoms with Gasteiger partial charge in [-0.1, -0.05) is 0 Å². The maximum Gasteiger partial charge on any atom is 0.310 e. The first-order valence-electron chi connectivity index (χ1n) is 6.69. The number of likely N-dealkylation sites (tertiary alicyclic amines) is 1. The second kappa shape index (κ2) is 8.47. The summed E-state index contributed by atoms with van der Waals surface area (Å²) >= 11 is 0. The van der Waals surface area contributed by atoms with E-state index in [0.717, 1.165) is 13.1 Å². The Morgan fingerprint density at radius 2 is 1.84 bits per heavy atom. The molecule has 0 spiro atoms. The van der Waals surface area contributed by atoms with Crippen LogP contribution in [0.5, 0.6) is 0 Å². The zero-order valence-electron chi connectivity index (χ0n) is 11.9. The molecule has 1 heterocycles. The highest BCUT2D eigenvalue weighted by molar-refractivity contribution is 5.74. The Morgan fingerprint density at radius 3 is 2.42 bits per heavy atom. The Hall–Kier alpha value is -0.690. The lowest BCUT2D eigenvalue weighted by Gasteiger charge is -2.19. The first-order valence-corrected chi connectivity index (χ1v) is 6.69.